The highest BCUT2D eigenvalue weighted by Gasteiger charge is 2.13. The van der Waals surface area contributed by atoms with E-state index in [9.17, 15) is 8.78 Å². The predicted molar refractivity (Wildman–Crippen MR) is 33.2 cm³/mol. The second kappa shape index (κ2) is 6.19. The number of hydrogen-bond acceptors (Lipinski definition) is 2. The minimum absolute atomic E-state index is 0. The van der Waals surface area contributed by atoms with Crippen LogP contribution in [0.5, 0.6) is 0 Å². The van der Waals surface area contributed by atoms with E-state index in [2.05, 4.69) is 0 Å². The van der Waals surface area contributed by atoms with Crippen molar-refractivity contribution in [2.24, 2.45) is 5.73 Å². The summed E-state index contributed by atoms with van der Waals surface area (Å²) >= 11 is 0. The molecule has 0 amide bonds. The van der Waals surface area contributed by atoms with Crippen molar-refractivity contribution in [3.05, 3.63) is 0 Å². The monoisotopic (exact) mass is 161 g/mol. The molecule has 3 N–H and O–H groups in total. The molecule has 0 fully saturated rings. The van der Waals surface area contributed by atoms with Gasteiger partial charge in [0.05, 0.1) is 12.6 Å². The third-order valence-electron chi connectivity index (χ3n) is 0.817. The van der Waals surface area contributed by atoms with E-state index in [-0.39, 0.29) is 12.4 Å². The van der Waals surface area contributed by atoms with Crippen LogP contribution >= 0.6 is 12.4 Å². The third-order valence-corrected chi connectivity index (χ3v) is 0.817. The molecule has 0 aliphatic heterocycles. The summed E-state index contributed by atoms with van der Waals surface area (Å²) in [6.07, 6.45) is -1.63. The molecule has 0 aromatic rings. The van der Waals surface area contributed by atoms with Crippen LogP contribution in [0.3, 0.4) is 0 Å². The van der Waals surface area contributed by atoms with E-state index < -0.39 is 25.5 Å². The molecule has 2 atom stereocenters. The minimum atomic E-state index is -1.63. The molecule has 0 saturated carbocycles. The largest absolute Gasteiger partial charge is 0.393 e. The van der Waals surface area contributed by atoms with Gasteiger partial charge in [0.25, 0.3) is 0 Å². The summed E-state index contributed by atoms with van der Waals surface area (Å²) in [5.41, 5.74) is 4.82. The van der Waals surface area contributed by atoms with Gasteiger partial charge in [-0.1, -0.05) is 0 Å². The molecule has 0 rings (SSSR count). The Balaban J connectivity index is 0. The van der Waals surface area contributed by atoms with Gasteiger partial charge < -0.3 is 10.8 Å². The van der Waals surface area contributed by atoms with Crippen molar-refractivity contribution in [3.8, 4) is 0 Å². The van der Waals surface area contributed by atoms with Crippen LogP contribution in [0.4, 0.5) is 8.78 Å². The lowest BCUT2D eigenvalue weighted by Gasteiger charge is -2.08. The Morgan fingerprint density at radius 2 is 2.00 bits per heavy atom. The van der Waals surface area contributed by atoms with Crippen LogP contribution in [0, 0.1) is 0 Å². The molecule has 2 unspecified atom stereocenters. The van der Waals surface area contributed by atoms with Crippen molar-refractivity contribution in [1.82, 2.24) is 0 Å². The first kappa shape index (κ1) is 11.8. The number of hydrogen-bond donors (Lipinski definition) is 2. The SMILES string of the molecule is Cl.NC(CF)C(F)CO. The van der Waals surface area contributed by atoms with Crippen molar-refractivity contribution >= 4 is 12.4 Å². The van der Waals surface area contributed by atoms with Gasteiger partial charge in [-0.2, -0.15) is 0 Å². The van der Waals surface area contributed by atoms with Crippen LogP contribution in [0.1, 0.15) is 0 Å². The van der Waals surface area contributed by atoms with Gasteiger partial charge in [-0.15, -0.1) is 12.4 Å². The van der Waals surface area contributed by atoms with Gasteiger partial charge in [0.15, 0.2) is 0 Å². The van der Waals surface area contributed by atoms with Gasteiger partial charge in [-0.25, -0.2) is 8.78 Å². The summed E-state index contributed by atoms with van der Waals surface area (Å²) < 4.78 is 23.3. The van der Waals surface area contributed by atoms with Gasteiger partial charge >= 0.3 is 0 Å². The Kier molecular flexibility index (Phi) is 8.13. The molecular formula is C4H10ClF2NO. The van der Waals surface area contributed by atoms with Crippen LogP contribution in [-0.2, 0) is 0 Å². The standard InChI is InChI=1S/C4H9F2NO.ClH/c5-1-4(7)3(6)2-8;/h3-4,8H,1-2,7H2;1H. The zero-order chi connectivity index (χ0) is 6.57. The Morgan fingerprint density at radius 1 is 1.56 bits per heavy atom. The smallest absolute Gasteiger partial charge is 0.141 e. The Bertz CT molecular complexity index is 58.5. The quantitative estimate of drug-likeness (QED) is 0.614. The van der Waals surface area contributed by atoms with Crippen LogP contribution in [0.25, 0.3) is 0 Å². The highest BCUT2D eigenvalue weighted by Crippen LogP contribution is 1.94. The average Bonchev–Trinajstić information content (AvgIpc) is 1.84. The summed E-state index contributed by atoms with van der Waals surface area (Å²) in [4.78, 5) is 0. The third kappa shape index (κ3) is 4.57. The molecule has 0 aliphatic carbocycles. The van der Waals surface area contributed by atoms with E-state index in [1.165, 1.54) is 0 Å². The first-order valence-corrected chi connectivity index (χ1v) is 2.28. The molecule has 0 saturated heterocycles. The van der Waals surface area contributed by atoms with Crippen molar-refractivity contribution < 1.29 is 13.9 Å². The molecule has 9 heavy (non-hydrogen) atoms. The van der Waals surface area contributed by atoms with E-state index in [0.29, 0.717) is 0 Å². The Labute approximate surface area is 58.5 Å². The van der Waals surface area contributed by atoms with E-state index in [0.717, 1.165) is 0 Å². The lowest BCUT2D eigenvalue weighted by molar-refractivity contribution is 0.144. The van der Waals surface area contributed by atoms with Gasteiger partial charge in [-0.3, -0.25) is 0 Å². The molecule has 0 radical (unpaired) electrons. The highest BCUT2D eigenvalue weighted by atomic mass is 35.5. The van der Waals surface area contributed by atoms with E-state index in [1.54, 1.807) is 0 Å². The van der Waals surface area contributed by atoms with Crippen molar-refractivity contribution in [3.63, 3.8) is 0 Å². The van der Waals surface area contributed by atoms with E-state index in [1.807, 2.05) is 0 Å². The second-order valence-corrected chi connectivity index (χ2v) is 1.52. The molecular weight excluding hydrogens is 151 g/mol. The van der Waals surface area contributed by atoms with Gasteiger partial charge in [0.2, 0.25) is 0 Å². The fourth-order valence-corrected chi connectivity index (χ4v) is 0.232. The summed E-state index contributed by atoms with van der Waals surface area (Å²) in [5.74, 6) is 0. The molecule has 58 valence electrons. The predicted octanol–water partition coefficient (Wildman–Crippen LogP) is 0.0354. The van der Waals surface area contributed by atoms with Gasteiger partial charge in [0, 0.05) is 0 Å². The maximum absolute atomic E-state index is 11.9. The van der Waals surface area contributed by atoms with Gasteiger partial charge in [0.1, 0.15) is 12.8 Å². The van der Waals surface area contributed by atoms with Crippen LogP contribution in [0.15, 0.2) is 0 Å². The van der Waals surface area contributed by atoms with E-state index >= 15 is 0 Å². The molecule has 0 bridgehead atoms. The number of rotatable bonds is 3. The summed E-state index contributed by atoms with van der Waals surface area (Å²) in [6.45, 7) is -1.63. The van der Waals surface area contributed by atoms with Crippen LogP contribution in [-0.4, -0.2) is 30.6 Å². The lowest BCUT2D eigenvalue weighted by atomic mass is 10.2. The zero-order valence-corrected chi connectivity index (χ0v) is 5.57. The highest BCUT2D eigenvalue weighted by molar-refractivity contribution is 5.85. The van der Waals surface area contributed by atoms with Crippen molar-refractivity contribution in [2.45, 2.75) is 12.2 Å². The van der Waals surface area contributed by atoms with Crippen molar-refractivity contribution in [2.75, 3.05) is 13.3 Å². The summed E-state index contributed by atoms with van der Waals surface area (Å²) in [7, 11) is 0. The molecule has 0 aromatic carbocycles. The first-order valence-electron chi connectivity index (χ1n) is 2.28. The molecule has 5 heteroatoms. The fraction of sp³-hybridized carbons (Fsp3) is 1.00. The number of alkyl halides is 2. The molecule has 0 aromatic heterocycles. The van der Waals surface area contributed by atoms with Crippen LogP contribution in [0.2, 0.25) is 0 Å². The summed E-state index contributed by atoms with van der Waals surface area (Å²) in [6, 6.07) is -1.17. The van der Waals surface area contributed by atoms with Crippen LogP contribution < -0.4 is 5.73 Å². The number of aliphatic hydroxyl groups excluding tert-OH is 1. The topological polar surface area (TPSA) is 46.2 Å². The number of nitrogens with two attached hydrogens (primary N) is 1. The average molecular weight is 162 g/mol. The zero-order valence-electron chi connectivity index (χ0n) is 4.76. The maximum Gasteiger partial charge on any atom is 0.141 e. The normalized spacial score (nSPS) is 16.0. The lowest BCUT2D eigenvalue weighted by Crippen LogP contribution is -2.35. The number of aliphatic hydroxyl groups is 1. The molecule has 0 spiro atoms. The maximum atomic E-state index is 11.9. The molecule has 2 nitrogen and oxygen atoms in total. The van der Waals surface area contributed by atoms with Crippen molar-refractivity contribution in [1.29, 1.82) is 0 Å². The summed E-state index contributed by atoms with van der Waals surface area (Å²) in [5, 5.41) is 8.01. The van der Waals surface area contributed by atoms with E-state index in [4.69, 9.17) is 10.8 Å². The van der Waals surface area contributed by atoms with Gasteiger partial charge in [-0.05, 0) is 0 Å². The first-order chi connectivity index (χ1) is 3.72. The Morgan fingerprint density at radius 3 is 2.11 bits per heavy atom. The minimum Gasteiger partial charge on any atom is -0.393 e. The molecule has 0 heterocycles. The molecule has 0 aliphatic rings. The second-order valence-electron chi connectivity index (χ2n) is 1.52. The fourth-order valence-electron chi connectivity index (χ4n) is 0.232. The number of halogens is 3. The Hall–Kier alpha value is 0.0700.